The van der Waals surface area contributed by atoms with Crippen LogP contribution in [0.4, 0.5) is 15.8 Å². The predicted octanol–water partition coefficient (Wildman–Crippen LogP) is 4.67. The predicted molar refractivity (Wildman–Crippen MR) is 116 cm³/mol. The Hall–Kier alpha value is -4.18. The molecule has 170 valence electrons. The van der Waals surface area contributed by atoms with E-state index in [0.29, 0.717) is 0 Å². The van der Waals surface area contributed by atoms with Gasteiger partial charge in [0.1, 0.15) is 23.0 Å². The Balaban J connectivity index is 2.16. The molecule has 1 aliphatic heterocycles. The van der Waals surface area contributed by atoms with Crippen molar-refractivity contribution in [2.75, 3.05) is 19.1 Å². The van der Waals surface area contributed by atoms with Gasteiger partial charge in [0.05, 0.1) is 41.5 Å². The van der Waals surface area contributed by atoms with Crippen LogP contribution in [0.5, 0.6) is 11.5 Å². The smallest absolute Gasteiger partial charge is 0.355 e. The van der Waals surface area contributed by atoms with Crippen LogP contribution in [0.1, 0.15) is 0 Å². The molecule has 0 aliphatic carbocycles. The van der Waals surface area contributed by atoms with Crippen molar-refractivity contribution >= 4 is 34.9 Å². The van der Waals surface area contributed by atoms with Crippen LogP contribution >= 0.6 is 11.6 Å². The number of anilines is 1. The second-order valence-corrected chi connectivity index (χ2v) is 6.84. The molecule has 0 spiro atoms. The highest BCUT2D eigenvalue weighted by atomic mass is 35.5. The largest absolute Gasteiger partial charge is 0.465 e. The van der Waals surface area contributed by atoms with E-state index < -0.39 is 22.7 Å². The van der Waals surface area contributed by atoms with Gasteiger partial charge in [-0.3, -0.25) is 10.1 Å². The fourth-order valence-electron chi connectivity index (χ4n) is 2.91. The zero-order chi connectivity index (χ0) is 24.1. The number of methoxy groups -OCH3 is 2. The Labute approximate surface area is 192 Å². The minimum Gasteiger partial charge on any atom is -0.465 e. The van der Waals surface area contributed by atoms with E-state index in [1.807, 2.05) is 0 Å². The van der Waals surface area contributed by atoms with Gasteiger partial charge in [-0.2, -0.15) is 0 Å². The average molecular weight is 475 g/mol. The third kappa shape index (κ3) is 5.18. The molecule has 0 radical (unpaired) electrons. The maximum atomic E-state index is 13.5. The molecule has 33 heavy (non-hydrogen) atoms. The van der Waals surface area contributed by atoms with Gasteiger partial charge < -0.3 is 19.1 Å². The van der Waals surface area contributed by atoms with E-state index in [0.717, 1.165) is 26.4 Å². The van der Waals surface area contributed by atoms with E-state index in [1.165, 1.54) is 53.6 Å². The second-order valence-electron chi connectivity index (χ2n) is 6.44. The van der Waals surface area contributed by atoms with Crippen molar-refractivity contribution in [3.05, 3.63) is 93.1 Å². The summed E-state index contributed by atoms with van der Waals surface area (Å²) in [5.41, 5.74) is -0.626. The van der Waals surface area contributed by atoms with Crippen molar-refractivity contribution in [2.24, 2.45) is 0 Å². The number of nitrogens with zero attached hydrogens (tertiary/aromatic N) is 2. The Morgan fingerprint density at radius 2 is 1.76 bits per heavy atom. The normalized spacial score (nSPS) is 12.9. The van der Waals surface area contributed by atoms with Crippen LogP contribution in [-0.2, 0) is 19.1 Å². The summed E-state index contributed by atoms with van der Waals surface area (Å²) < 4.78 is 28.7. The first-order chi connectivity index (χ1) is 15.7. The van der Waals surface area contributed by atoms with Crippen molar-refractivity contribution in [1.29, 1.82) is 0 Å². The van der Waals surface area contributed by atoms with E-state index in [1.54, 1.807) is 0 Å². The molecule has 0 N–H and O–H groups in total. The van der Waals surface area contributed by atoms with Gasteiger partial charge in [-0.15, -0.1) is 0 Å². The molecule has 1 heterocycles. The molecule has 0 amide bonds. The lowest BCUT2D eigenvalue weighted by molar-refractivity contribution is -0.384. The summed E-state index contributed by atoms with van der Waals surface area (Å²) in [6, 6.07) is 7.30. The van der Waals surface area contributed by atoms with Crippen LogP contribution in [0.2, 0.25) is 5.02 Å². The fourth-order valence-corrected chi connectivity index (χ4v) is 3.08. The molecule has 0 saturated carbocycles. The van der Waals surface area contributed by atoms with Crippen molar-refractivity contribution in [3.63, 3.8) is 0 Å². The number of ether oxygens (including phenoxy) is 3. The number of halogens is 2. The molecule has 3 rings (SSSR count). The first kappa shape index (κ1) is 23.5. The van der Waals surface area contributed by atoms with Crippen molar-refractivity contribution in [3.8, 4) is 11.5 Å². The quantitative estimate of drug-likeness (QED) is 0.337. The molecular weight excluding hydrogens is 459 g/mol. The van der Waals surface area contributed by atoms with E-state index in [2.05, 4.69) is 0 Å². The summed E-state index contributed by atoms with van der Waals surface area (Å²) in [7, 11) is 2.27. The van der Waals surface area contributed by atoms with Crippen LogP contribution in [-0.4, -0.2) is 31.1 Å². The van der Waals surface area contributed by atoms with E-state index >= 15 is 0 Å². The van der Waals surface area contributed by atoms with E-state index in [4.69, 9.17) is 25.8 Å². The number of rotatable bonds is 6. The van der Waals surface area contributed by atoms with Crippen LogP contribution in [0.3, 0.4) is 0 Å². The average Bonchev–Trinajstić information content (AvgIpc) is 3.03. The van der Waals surface area contributed by atoms with Crippen LogP contribution < -0.4 is 9.64 Å². The summed E-state index contributed by atoms with van der Waals surface area (Å²) in [5.74, 6) is -2.24. The highest BCUT2D eigenvalue weighted by Crippen LogP contribution is 2.35. The second kappa shape index (κ2) is 9.96. The van der Waals surface area contributed by atoms with Gasteiger partial charge in [0.25, 0.3) is 5.69 Å². The Bertz CT molecular complexity index is 1220. The molecule has 0 unspecified atom stereocenters. The maximum Gasteiger partial charge on any atom is 0.355 e. The number of hydrogen-bond acceptors (Lipinski definition) is 8. The van der Waals surface area contributed by atoms with Gasteiger partial charge >= 0.3 is 11.9 Å². The monoisotopic (exact) mass is 474 g/mol. The topological polar surface area (TPSA) is 108 Å². The number of allylic oxidation sites excluding steroid dienone is 2. The van der Waals surface area contributed by atoms with Crippen LogP contribution in [0.25, 0.3) is 0 Å². The zero-order valence-electron chi connectivity index (χ0n) is 17.3. The zero-order valence-corrected chi connectivity index (χ0v) is 18.0. The van der Waals surface area contributed by atoms with Crippen LogP contribution in [0, 0.1) is 15.9 Å². The molecule has 0 aromatic heterocycles. The molecule has 1 aliphatic rings. The van der Waals surface area contributed by atoms with Crippen LogP contribution in [0.15, 0.2) is 72.1 Å². The first-order valence-electron chi connectivity index (χ1n) is 9.22. The summed E-state index contributed by atoms with van der Waals surface area (Å²) in [6.07, 6.45) is 5.77. The molecule has 0 bridgehead atoms. The standard InChI is InChI=1S/C22H16ClFN2O7/c1-31-21(27)17-5-3-4-8-25(20(17)22(28)32-2)13-9-14(26(29)30)11-16(10-13)33-15-6-7-19(24)18(23)12-15/h3-12H,1-2H3. The van der Waals surface area contributed by atoms with Gasteiger partial charge in [0.15, 0.2) is 0 Å². The molecule has 11 heteroatoms. The van der Waals surface area contributed by atoms with E-state index in [9.17, 15) is 24.1 Å². The number of nitro benzene ring substituents is 1. The third-order valence-electron chi connectivity index (χ3n) is 4.38. The van der Waals surface area contributed by atoms with Gasteiger partial charge in [-0.05, 0) is 24.3 Å². The number of hydrogen-bond donors (Lipinski definition) is 0. The Kier molecular flexibility index (Phi) is 7.09. The lowest BCUT2D eigenvalue weighted by Crippen LogP contribution is -2.27. The molecule has 0 saturated heterocycles. The lowest BCUT2D eigenvalue weighted by Gasteiger charge is -2.23. The number of nitro groups is 1. The highest BCUT2D eigenvalue weighted by molar-refractivity contribution is 6.30. The Morgan fingerprint density at radius 1 is 1.03 bits per heavy atom. The minimum absolute atomic E-state index is 0.00341. The first-order valence-corrected chi connectivity index (χ1v) is 9.60. The third-order valence-corrected chi connectivity index (χ3v) is 4.67. The molecule has 2 aromatic carbocycles. The van der Waals surface area contributed by atoms with Gasteiger partial charge in [0, 0.05) is 24.4 Å². The number of benzene rings is 2. The number of carbonyl (C=O) groups excluding carboxylic acids is 2. The molecular formula is C22H16ClFN2O7. The van der Waals surface area contributed by atoms with Crippen molar-refractivity contribution in [1.82, 2.24) is 0 Å². The van der Waals surface area contributed by atoms with Gasteiger partial charge in [0.2, 0.25) is 0 Å². The van der Waals surface area contributed by atoms with Crippen molar-refractivity contribution < 1.29 is 33.1 Å². The van der Waals surface area contributed by atoms with Gasteiger partial charge in [-0.1, -0.05) is 17.7 Å². The van der Waals surface area contributed by atoms with Gasteiger partial charge in [-0.25, -0.2) is 14.0 Å². The number of esters is 2. The molecule has 9 nitrogen and oxygen atoms in total. The number of carbonyl (C=O) groups is 2. The summed E-state index contributed by atoms with van der Waals surface area (Å²) in [4.78, 5) is 37.0. The summed E-state index contributed by atoms with van der Waals surface area (Å²) in [6.45, 7) is 0. The lowest BCUT2D eigenvalue weighted by atomic mass is 10.1. The maximum absolute atomic E-state index is 13.5. The summed E-state index contributed by atoms with van der Waals surface area (Å²) in [5, 5.41) is 11.4. The fraction of sp³-hybridized carbons (Fsp3) is 0.0909. The van der Waals surface area contributed by atoms with E-state index in [-0.39, 0.29) is 39.2 Å². The highest BCUT2D eigenvalue weighted by Gasteiger charge is 2.28. The number of non-ortho nitro benzene ring substituents is 1. The van der Waals surface area contributed by atoms with Crippen molar-refractivity contribution in [2.45, 2.75) is 0 Å². The molecule has 0 atom stereocenters. The minimum atomic E-state index is -0.883. The Morgan fingerprint density at radius 3 is 2.39 bits per heavy atom. The summed E-state index contributed by atoms with van der Waals surface area (Å²) >= 11 is 5.77. The molecule has 0 fully saturated rings. The molecule has 2 aromatic rings. The SMILES string of the molecule is COC(=O)C1=C(C(=O)OC)N(c2cc(Oc3ccc(F)c(Cl)c3)cc([N+](=O)[O-])c2)C=CC=C1.